The number of carboxylic acids is 1. The summed E-state index contributed by atoms with van der Waals surface area (Å²) in [6.07, 6.45) is 3.82. The molecule has 0 spiro atoms. The van der Waals surface area contributed by atoms with Gasteiger partial charge in [-0.1, -0.05) is 13.8 Å². The van der Waals surface area contributed by atoms with Gasteiger partial charge in [0.15, 0.2) is 0 Å². The second-order valence-electron chi connectivity index (χ2n) is 5.43. The Morgan fingerprint density at radius 2 is 2.24 bits per heavy atom. The van der Waals surface area contributed by atoms with Gasteiger partial charge in [0.25, 0.3) is 0 Å². The average molecular weight is 240 g/mol. The SMILES string of the molecule is CCN(CC(C)C(=O)O)C1CCN2CCCC12. The van der Waals surface area contributed by atoms with Crippen molar-refractivity contribution in [2.75, 3.05) is 26.2 Å². The third-order valence-electron chi connectivity index (χ3n) is 4.38. The zero-order chi connectivity index (χ0) is 12.4. The fraction of sp³-hybridized carbons (Fsp3) is 0.923. The molecule has 1 N–H and O–H groups in total. The maximum absolute atomic E-state index is 11.0. The Balaban J connectivity index is 1.96. The molecule has 0 aromatic heterocycles. The van der Waals surface area contributed by atoms with E-state index in [0.29, 0.717) is 18.6 Å². The Morgan fingerprint density at radius 3 is 2.88 bits per heavy atom. The molecule has 2 aliphatic rings. The van der Waals surface area contributed by atoms with E-state index in [1.165, 1.54) is 32.4 Å². The van der Waals surface area contributed by atoms with Crippen molar-refractivity contribution in [3.63, 3.8) is 0 Å². The molecule has 3 unspecified atom stereocenters. The summed E-state index contributed by atoms with van der Waals surface area (Å²) in [4.78, 5) is 15.9. The summed E-state index contributed by atoms with van der Waals surface area (Å²) < 4.78 is 0. The molecule has 4 nitrogen and oxygen atoms in total. The first-order chi connectivity index (χ1) is 8.13. The monoisotopic (exact) mass is 240 g/mol. The minimum atomic E-state index is -0.676. The third kappa shape index (κ3) is 2.63. The fourth-order valence-electron chi connectivity index (χ4n) is 3.41. The minimum Gasteiger partial charge on any atom is -0.481 e. The molecule has 2 heterocycles. The van der Waals surface area contributed by atoms with Crippen LogP contribution in [0.15, 0.2) is 0 Å². The van der Waals surface area contributed by atoms with Gasteiger partial charge in [0.2, 0.25) is 0 Å². The van der Waals surface area contributed by atoms with E-state index in [0.717, 1.165) is 6.54 Å². The van der Waals surface area contributed by atoms with Crippen LogP contribution in [0.5, 0.6) is 0 Å². The number of fused-ring (bicyclic) bond motifs is 1. The van der Waals surface area contributed by atoms with Crippen LogP contribution in [0.2, 0.25) is 0 Å². The minimum absolute atomic E-state index is 0.259. The Kier molecular flexibility index (Phi) is 4.05. The normalized spacial score (nSPS) is 30.8. The number of likely N-dealkylation sites (N-methyl/N-ethyl adjacent to an activating group) is 1. The van der Waals surface area contributed by atoms with Crippen LogP contribution < -0.4 is 0 Å². The molecule has 0 bridgehead atoms. The van der Waals surface area contributed by atoms with Gasteiger partial charge in [0.05, 0.1) is 5.92 Å². The first kappa shape index (κ1) is 12.8. The van der Waals surface area contributed by atoms with Crippen LogP contribution in [0.4, 0.5) is 0 Å². The fourth-order valence-corrected chi connectivity index (χ4v) is 3.41. The summed E-state index contributed by atoms with van der Waals surface area (Å²) >= 11 is 0. The van der Waals surface area contributed by atoms with Crippen molar-refractivity contribution < 1.29 is 9.90 Å². The van der Waals surface area contributed by atoms with E-state index in [1.807, 2.05) is 6.92 Å². The molecule has 17 heavy (non-hydrogen) atoms. The number of hydrogen-bond donors (Lipinski definition) is 1. The van der Waals surface area contributed by atoms with E-state index in [9.17, 15) is 4.79 Å². The molecule has 98 valence electrons. The molecule has 2 aliphatic heterocycles. The Labute approximate surface area is 104 Å². The topological polar surface area (TPSA) is 43.8 Å². The van der Waals surface area contributed by atoms with Crippen molar-refractivity contribution in [1.29, 1.82) is 0 Å². The van der Waals surface area contributed by atoms with Crippen molar-refractivity contribution in [2.45, 2.75) is 45.2 Å². The second kappa shape index (κ2) is 5.36. The van der Waals surface area contributed by atoms with Crippen molar-refractivity contribution >= 4 is 5.97 Å². The van der Waals surface area contributed by atoms with Crippen LogP contribution in [0, 0.1) is 5.92 Å². The van der Waals surface area contributed by atoms with Crippen LogP contribution in [-0.4, -0.2) is 59.1 Å². The number of carboxylic acid groups (broad SMARTS) is 1. The predicted molar refractivity (Wildman–Crippen MR) is 67.0 cm³/mol. The maximum atomic E-state index is 11.0. The number of nitrogens with zero attached hydrogens (tertiary/aromatic N) is 2. The smallest absolute Gasteiger partial charge is 0.307 e. The van der Waals surface area contributed by atoms with Crippen LogP contribution >= 0.6 is 0 Å². The average Bonchev–Trinajstić information content (AvgIpc) is 2.87. The first-order valence-corrected chi connectivity index (χ1v) is 6.84. The van der Waals surface area contributed by atoms with Gasteiger partial charge in [-0.3, -0.25) is 14.6 Å². The quantitative estimate of drug-likeness (QED) is 0.786. The van der Waals surface area contributed by atoms with Crippen LogP contribution in [0.1, 0.15) is 33.1 Å². The van der Waals surface area contributed by atoms with E-state index in [4.69, 9.17) is 5.11 Å². The summed E-state index contributed by atoms with van der Waals surface area (Å²) in [5.74, 6) is -0.935. The Hall–Kier alpha value is -0.610. The summed E-state index contributed by atoms with van der Waals surface area (Å²) in [5.41, 5.74) is 0. The van der Waals surface area contributed by atoms with Crippen molar-refractivity contribution in [1.82, 2.24) is 9.80 Å². The van der Waals surface area contributed by atoms with Gasteiger partial charge in [-0.25, -0.2) is 0 Å². The Morgan fingerprint density at radius 1 is 1.47 bits per heavy atom. The highest BCUT2D eigenvalue weighted by Crippen LogP contribution is 2.31. The Bertz CT molecular complexity index is 283. The summed E-state index contributed by atoms with van der Waals surface area (Å²) in [6.45, 7) is 8.06. The number of aliphatic carboxylic acids is 1. The lowest BCUT2D eigenvalue weighted by Gasteiger charge is -2.33. The predicted octanol–water partition coefficient (Wildman–Crippen LogP) is 1.27. The molecule has 2 rings (SSSR count). The molecular formula is C13H24N2O2. The molecule has 0 aliphatic carbocycles. The molecule has 4 heteroatoms. The van der Waals surface area contributed by atoms with Gasteiger partial charge in [0.1, 0.15) is 0 Å². The maximum Gasteiger partial charge on any atom is 0.307 e. The number of rotatable bonds is 5. The molecule has 0 aromatic carbocycles. The molecule has 0 radical (unpaired) electrons. The van der Waals surface area contributed by atoms with E-state index >= 15 is 0 Å². The van der Waals surface area contributed by atoms with Gasteiger partial charge in [0, 0.05) is 25.2 Å². The van der Waals surface area contributed by atoms with E-state index < -0.39 is 5.97 Å². The van der Waals surface area contributed by atoms with E-state index in [2.05, 4.69) is 16.7 Å². The lowest BCUT2D eigenvalue weighted by Crippen LogP contribution is -2.45. The number of hydrogen-bond acceptors (Lipinski definition) is 3. The third-order valence-corrected chi connectivity index (χ3v) is 4.38. The van der Waals surface area contributed by atoms with Crippen LogP contribution in [-0.2, 0) is 4.79 Å². The molecule has 0 aromatic rings. The molecule has 0 saturated carbocycles. The highest BCUT2D eigenvalue weighted by molar-refractivity contribution is 5.69. The molecule has 2 fully saturated rings. The summed E-state index contributed by atoms with van der Waals surface area (Å²) in [7, 11) is 0. The van der Waals surface area contributed by atoms with Gasteiger partial charge in [-0.2, -0.15) is 0 Å². The summed E-state index contributed by atoms with van der Waals surface area (Å²) in [5, 5.41) is 9.02. The lowest BCUT2D eigenvalue weighted by atomic mass is 10.0. The molecule has 0 amide bonds. The largest absolute Gasteiger partial charge is 0.481 e. The molecule has 2 saturated heterocycles. The van der Waals surface area contributed by atoms with Crippen molar-refractivity contribution in [3.8, 4) is 0 Å². The first-order valence-electron chi connectivity index (χ1n) is 6.84. The number of carbonyl (C=O) groups is 1. The van der Waals surface area contributed by atoms with Crippen molar-refractivity contribution in [2.24, 2.45) is 5.92 Å². The van der Waals surface area contributed by atoms with Gasteiger partial charge in [-0.15, -0.1) is 0 Å². The van der Waals surface area contributed by atoms with Crippen molar-refractivity contribution in [3.05, 3.63) is 0 Å². The zero-order valence-corrected chi connectivity index (χ0v) is 10.9. The zero-order valence-electron chi connectivity index (χ0n) is 10.9. The van der Waals surface area contributed by atoms with Gasteiger partial charge >= 0.3 is 5.97 Å². The standard InChI is InChI=1S/C13H24N2O2/c1-3-14(9-10(2)13(16)17)12-6-8-15-7-4-5-11(12)15/h10-12H,3-9H2,1-2H3,(H,16,17). The van der Waals surface area contributed by atoms with Gasteiger partial charge < -0.3 is 5.11 Å². The molecular weight excluding hydrogens is 216 g/mol. The second-order valence-corrected chi connectivity index (χ2v) is 5.43. The van der Waals surface area contributed by atoms with Gasteiger partial charge in [-0.05, 0) is 32.4 Å². The van der Waals surface area contributed by atoms with Crippen LogP contribution in [0.25, 0.3) is 0 Å². The molecule has 3 atom stereocenters. The summed E-state index contributed by atoms with van der Waals surface area (Å²) in [6, 6.07) is 1.28. The highest BCUT2D eigenvalue weighted by Gasteiger charge is 2.40. The highest BCUT2D eigenvalue weighted by atomic mass is 16.4. The van der Waals surface area contributed by atoms with E-state index in [1.54, 1.807) is 0 Å². The lowest BCUT2D eigenvalue weighted by molar-refractivity contribution is -0.141. The van der Waals surface area contributed by atoms with Crippen LogP contribution in [0.3, 0.4) is 0 Å². The van der Waals surface area contributed by atoms with E-state index in [-0.39, 0.29) is 5.92 Å².